The van der Waals surface area contributed by atoms with Crippen LogP contribution in [0.4, 0.5) is 9.59 Å². The average Bonchev–Trinajstić information content (AvgIpc) is 3.45. The van der Waals surface area contributed by atoms with Crippen molar-refractivity contribution in [3.63, 3.8) is 0 Å². The number of ether oxygens (including phenoxy) is 3. The highest BCUT2D eigenvalue weighted by atomic mass is 16.6. The lowest BCUT2D eigenvalue weighted by Crippen LogP contribution is -2.52. The molecule has 1 heterocycles. The number of rotatable bonds is 6. The van der Waals surface area contributed by atoms with Crippen molar-refractivity contribution in [3.05, 3.63) is 59.7 Å². The molecule has 2 atom stereocenters. The molecule has 0 aromatic heterocycles. The Balaban J connectivity index is 1.46. The molecule has 2 amide bonds. The van der Waals surface area contributed by atoms with Crippen molar-refractivity contribution < 1.29 is 28.6 Å². The number of carbonyl (C=O) groups excluding carboxylic acids is 3. The van der Waals surface area contributed by atoms with Gasteiger partial charge in [-0.25, -0.2) is 9.59 Å². The average molecular weight is 495 g/mol. The third kappa shape index (κ3) is 5.64. The zero-order chi connectivity index (χ0) is 25.9. The molecule has 0 radical (unpaired) electrons. The molecular formula is C28H34N2O6. The molecule has 1 fully saturated rings. The Hall–Kier alpha value is -3.55. The van der Waals surface area contributed by atoms with Crippen LogP contribution < -0.4 is 5.32 Å². The van der Waals surface area contributed by atoms with E-state index in [1.807, 2.05) is 24.3 Å². The molecule has 2 aromatic carbocycles. The van der Waals surface area contributed by atoms with E-state index in [-0.39, 0.29) is 18.9 Å². The normalized spacial score (nSPS) is 17.7. The number of fused-ring (bicyclic) bond motifs is 3. The topological polar surface area (TPSA) is 94.2 Å². The zero-order valence-corrected chi connectivity index (χ0v) is 21.3. The molecule has 1 saturated heterocycles. The summed E-state index contributed by atoms with van der Waals surface area (Å²) in [5, 5.41) is 2.83. The molecule has 8 nitrogen and oxygen atoms in total. The van der Waals surface area contributed by atoms with Crippen LogP contribution in [0.1, 0.15) is 57.1 Å². The second kappa shape index (κ2) is 10.6. The first kappa shape index (κ1) is 25.5. The smallest absolute Gasteiger partial charge is 0.410 e. The Morgan fingerprint density at radius 2 is 1.64 bits per heavy atom. The molecule has 1 aliphatic carbocycles. The minimum atomic E-state index is -0.664. The van der Waals surface area contributed by atoms with Crippen molar-refractivity contribution in [2.24, 2.45) is 0 Å². The first-order valence-corrected chi connectivity index (χ1v) is 12.4. The predicted octanol–water partition coefficient (Wildman–Crippen LogP) is 4.86. The Morgan fingerprint density at radius 3 is 2.22 bits per heavy atom. The van der Waals surface area contributed by atoms with Crippen LogP contribution in [0.15, 0.2) is 48.5 Å². The lowest BCUT2D eigenvalue weighted by Gasteiger charge is -2.33. The van der Waals surface area contributed by atoms with Crippen molar-refractivity contribution in [3.8, 4) is 11.1 Å². The minimum Gasteiger partial charge on any atom is -0.469 e. The molecular weight excluding hydrogens is 460 g/mol. The van der Waals surface area contributed by atoms with Crippen LogP contribution in [-0.2, 0) is 19.0 Å². The molecule has 4 rings (SSSR count). The highest BCUT2D eigenvalue weighted by molar-refractivity contribution is 5.79. The Morgan fingerprint density at radius 1 is 1.03 bits per heavy atom. The number of esters is 1. The highest BCUT2D eigenvalue weighted by Crippen LogP contribution is 2.44. The number of hydrogen-bond donors (Lipinski definition) is 1. The predicted molar refractivity (Wildman–Crippen MR) is 135 cm³/mol. The van der Waals surface area contributed by atoms with Crippen molar-refractivity contribution in [1.29, 1.82) is 0 Å². The van der Waals surface area contributed by atoms with E-state index in [4.69, 9.17) is 14.2 Å². The monoisotopic (exact) mass is 494 g/mol. The fraction of sp³-hybridized carbons (Fsp3) is 0.464. The first-order chi connectivity index (χ1) is 17.2. The number of amides is 2. The zero-order valence-electron chi connectivity index (χ0n) is 21.3. The summed E-state index contributed by atoms with van der Waals surface area (Å²) in [6.07, 6.45) is 0.194. The summed E-state index contributed by atoms with van der Waals surface area (Å²) >= 11 is 0. The van der Waals surface area contributed by atoms with E-state index in [2.05, 4.69) is 29.6 Å². The van der Waals surface area contributed by atoms with Gasteiger partial charge in [0.25, 0.3) is 0 Å². The largest absolute Gasteiger partial charge is 0.469 e. The van der Waals surface area contributed by atoms with Gasteiger partial charge in [-0.15, -0.1) is 0 Å². The van der Waals surface area contributed by atoms with Crippen LogP contribution in [0.2, 0.25) is 0 Å². The molecule has 2 aromatic rings. The van der Waals surface area contributed by atoms with Gasteiger partial charge in [-0.05, 0) is 55.9 Å². The number of nitrogens with zero attached hydrogens (tertiary/aromatic N) is 1. The Labute approximate surface area is 211 Å². The van der Waals surface area contributed by atoms with Crippen molar-refractivity contribution in [1.82, 2.24) is 10.2 Å². The molecule has 0 spiro atoms. The number of hydrogen-bond acceptors (Lipinski definition) is 6. The standard InChI is InChI=1S/C28H34N2O6/c1-28(2,3)36-27(33)30-15-9-14-24(30)23(16-25(31)34-4)29-26(32)35-17-22-20-12-7-5-10-18(20)19-11-6-8-13-21(19)22/h5-8,10-13,22-24H,9,14-17H2,1-4H3,(H,29,32). The number of nitrogens with one attached hydrogen (secondary N) is 1. The van der Waals surface area contributed by atoms with Crippen molar-refractivity contribution >= 4 is 18.2 Å². The van der Waals surface area contributed by atoms with E-state index < -0.39 is 35.8 Å². The van der Waals surface area contributed by atoms with Crippen LogP contribution in [0.25, 0.3) is 11.1 Å². The van der Waals surface area contributed by atoms with Gasteiger partial charge in [0.2, 0.25) is 0 Å². The van der Waals surface area contributed by atoms with E-state index in [0.717, 1.165) is 28.7 Å². The van der Waals surface area contributed by atoms with E-state index in [0.29, 0.717) is 13.0 Å². The van der Waals surface area contributed by atoms with E-state index in [9.17, 15) is 14.4 Å². The molecule has 1 aliphatic heterocycles. The van der Waals surface area contributed by atoms with E-state index in [1.165, 1.54) is 7.11 Å². The SMILES string of the molecule is COC(=O)CC(NC(=O)OCC1c2ccccc2-c2ccccc21)C1CCCN1C(=O)OC(C)(C)C. The molecule has 36 heavy (non-hydrogen) atoms. The number of methoxy groups -OCH3 is 1. The number of likely N-dealkylation sites (tertiary alicyclic amines) is 1. The van der Waals surface area contributed by atoms with E-state index >= 15 is 0 Å². The van der Waals surface area contributed by atoms with Gasteiger partial charge in [-0.3, -0.25) is 4.79 Å². The lowest BCUT2D eigenvalue weighted by atomic mass is 9.98. The lowest BCUT2D eigenvalue weighted by molar-refractivity contribution is -0.141. The van der Waals surface area contributed by atoms with Gasteiger partial charge in [0, 0.05) is 12.5 Å². The van der Waals surface area contributed by atoms with Crippen LogP contribution in [-0.4, -0.2) is 61.0 Å². The number of alkyl carbamates (subject to hydrolysis) is 1. The fourth-order valence-corrected chi connectivity index (χ4v) is 5.10. The number of carbonyl (C=O) groups is 3. The summed E-state index contributed by atoms with van der Waals surface area (Å²) in [6.45, 7) is 6.05. The molecule has 2 aliphatic rings. The third-order valence-corrected chi connectivity index (χ3v) is 6.65. The van der Waals surface area contributed by atoms with Crippen LogP contribution in [0, 0.1) is 0 Å². The van der Waals surface area contributed by atoms with Crippen LogP contribution >= 0.6 is 0 Å². The van der Waals surface area contributed by atoms with Crippen LogP contribution in [0.5, 0.6) is 0 Å². The van der Waals surface area contributed by atoms with Gasteiger partial charge >= 0.3 is 18.2 Å². The van der Waals surface area contributed by atoms with Crippen molar-refractivity contribution in [2.75, 3.05) is 20.3 Å². The maximum Gasteiger partial charge on any atom is 0.410 e. The Bertz CT molecular complexity index is 1080. The van der Waals surface area contributed by atoms with Crippen LogP contribution in [0.3, 0.4) is 0 Å². The molecule has 192 valence electrons. The molecule has 0 bridgehead atoms. The van der Waals surface area contributed by atoms with Gasteiger partial charge in [0.1, 0.15) is 12.2 Å². The Kier molecular flexibility index (Phi) is 7.52. The summed E-state index contributed by atoms with van der Waals surface area (Å²) in [6, 6.07) is 15.2. The van der Waals surface area contributed by atoms with Gasteiger partial charge in [0.05, 0.1) is 25.6 Å². The second-order valence-electron chi connectivity index (χ2n) is 10.2. The molecule has 0 saturated carbocycles. The molecule has 8 heteroatoms. The number of benzene rings is 2. The van der Waals surface area contributed by atoms with Gasteiger partial charge in [-0.2, -0.15) is 0 Å². The fourth-order valence-electron chi connectivity index (χ4n) is 5.10. The van der Waals surface area contributed by atoms with Gasteiger partial charge in [0.15, 0.2) is 0 Å². The van der Waals surface area contributed by atoms with Gasteiger partial charge < -0.3 is 24.4 Å². The summed E-state index contributed by atoms with van der Waals surface area (Å²) in [4.78, 5) is 39.5. The minimum absolute atomic E-state index is 0.0769. The third-order valence-electron chi connectivity index (χ3n) is 6.65. The first-order valence-electron chi connectivity index (χ1n) is 12.4. The van der Waals surface area contributed by atoms with Crippen molar-refractivity contribution in [2.45, 2.75) is 63.6 Å². The highest BCUT2D eigenvalue weighted by Gasteiger charge is 2.39. The summed E-state index contributed by atoms with van der Waals surface area (Å²) < 4.78 is 16.1. The molecule has 1 N–H and O–H groups in total. The summed E-state index contributed by atoms with van der Waals surface area (Å²) in [5.41, 5.74) is 3.87. The maximum absolute atomic E-state index is 12.9. The van der Waals surface area contributed by atoms with E-state index in [1.54, 1.807) is 25.7 Å². The summed E-state index contributed by atoms with van der Waals surface area (Å²) in [5.74, 6) is -0.554. The quantitative estimate of drug-likeness (QED) is 0.456. The summed E-state index contributed by atoms with van der Waals surface area (Å²) in [7, 11) is 1.30. The maximum atomic E-state index is 12.9. The second-order valence-corrected chi connectivity index (χ2v) is 10.2. The molecule has 2 unspecified atom stereocenters. The van der Waals surface area contributed by atoms with Gasteiger partial charge in [-0.1, -0.05) is 48.5 Å².